The lowest BCUT2D eigenvalue weighted by molar-refractivity contribution is -0.131. The molecule has 2 aromatic rings. The fraction of sp³-hybridized carbons (Fsp3) is 0.467. The van der Waals surface area contributed by atoms with Gasteiger partial charge in [0, 0.05) is 13.5 Å². The van der Waals surface area contributed by atoms with E-state index in [-0.39, 0.29) is 30.7 Å². The number of halogens is 2. The number of hydrogen-bond donors (Lipinski definition) is 1. The Morgan fingerprint density at radius 1 is 1.41 bits per heavy atom. The lowest BCUT2D eigenvalue weighted by Crippen LogP contribution is -2.28. The van der Waals surface area contributed by atoms with Crippen molar-refractivity contribution >= 4 is 52.3 Å². The molecule has 22 heavy (non-hydrogen) atoms. The van der Waals surface area contributed by atoms with Crippen molar-refractivity contribution in [2.45, 2.75) is 19.4 Å². The van der Waals surface area contributed by atoms with Crippen molar-refractivity contribution in [2.24, 2.45) is 5.92 Å². The molecule has 1 saturated heterocycles. The average molecular weight is 362 g/mol. The van der Waals surface area contributed by atoms with Gasteiger partial charge < -0.3 is 10.2 Å². The van der Waals surface area contributed by atoms with Crippen LogP contribution in [0.1, 0.15) is 17.8 Å². The summed E-state index contributed by atoms with van der Waals surface area (Å²) in [5, 5.41) is 4.31. The number of amides is 1. The topological polar surface area (TPSA) is 45.2 Å². The summed E-state index contributed by atoms with van der Waals surface area (Å²) >= 11 is 1.67. The van der Waals surface area contributed by atoms with E-state index in [2.05, 4.69) is 16.4 Å². The summed E-state index contributed by atoms with van der Waals surface area (Å²) in [5.41, 5.74) is 1.02. The van der Waals surface area contributed by atoms with Crippen molar-refractivity contribution in [2.75, 3.05) is 20.1 Å². The lowest BCUT2D eigenvalue weighted by Gasteiger charge is -2.17. The third-order valence-electron chi connectivity index (χ3n) is 3.76. The van der Waals surface area contributed by atoms with E-state index in [1.807, 2.05) is 25.2 Å². The number of nitrogens with zero attached hydrogens (tertiary/aromatic N) is 2. The van der Waals surface area contributed by atoms with E-state index in [4.69, 9.17) is 0 Å². The smallest absolute Gasteiger partial charge is 0.223 e. The molecular formula is C15H21Cl2N3OS. The van der Waals surface area contributed by atoms with Gasteiger partial charge in [0.15, 0.2) is 0 Å². The van der Waals surface area contributed by atoms with Crippen LogP contribution in [-0.4, -0.2) is 35.9 Å². The standard InChI is InChI=1S/C15H19N3OS.2ClH/c1-18(15(19)8-11-6-7-16-9-11)10-14-17-12-4-2-3-5-13(12)20-14;;/h2-5,11,16H,6-10H2,1H3;2*1H. The summed E-state index contributed by atoms with van der Waals surface area (Å²) in [7, 11) is 1.87. The van der Waals surface area contributed by atoms with Crippen LogP contribution in [0, 0.1) is 5.92 Å². The summed E-state index contributed by atoms with van der Waals surface area (Å²) in [4.78, 5) is 18.6. The molecule has 7 heteroatoms. The molecule has 1 aliphatic heterocycles. The minimum absolute atomic E-state index is 0. The van der Waals surface area contributed by atoms with Gasteiger partial charge in [0.25, 0.3) is 0 Å². The normalized spacial score (nSPS) is 16.9. The molecule has 1 aliphatic rings. The van der Waals surface area contributed by atoms with Crippen molar-refractivity contribution < 1.29 is 4.79 Å². The van der Waals surface area contributed by atoms with Gasteiger partial charge >= 0.3 is 0 Å². The van der Waals surface area contributed by atoms with Crippen LogP contribution < -0.4 is 5.32 Å². The molecular weight excluding hydrogens is 341 g/mol. The van der Waals surface area contributed by atoms with E-state index >= 15 is 0 Å². The number of carbonyl (C=O) groups is 1. The third-order valence-corrected chi connectivity index (χ3v) is 4.78. The molecule has 1 unspecified atom stereocenters. The zero-order valence-corrected chi connectivity index (χ0v) is 14.9. The van der Waals surface area contributed by atoms with Gasteiger partial charge in [-0.05, 0) is 37.6 Å². The van der Waals surface area contributed by atoms with E-state index in [1.54, 1.807) is 16.2 Å². The minimum atomic E-state index is 0. The lowest BCUT2D eigenvalue weighted by atomic mass is 10.0. The largest absolute Gasteiger partial charge is 0.339 e. The van der Waals surface area contributed by atoms with Gasteiger partial charge in [0.05, 0.1) is 16.8 Å². The summed E-state index contributed by atoms with van der Waals surface area (Å²) in [5.74, 6) is 0.721. The Kier molecular flexibility index (Phi) is 7.56. The zero-order valence-electron chi connectivity index (χ0n) is 12.4. The van der Waals surface area contributed by atoms with E-state index in [1.165, 1.54) is 4.70 Å². The van der Waals surface area contributed by atoms with Crippen LogP contribution in [0.3, 0.4) is 0 Å². The average Bonchev–Trinajstić information content (AvgIpc) is 3.06. The third kappa shape index (κ3) is 4.56. The number of aromatic nitrogens is 1. The highest BCUT2D eigenvalue weighted by Gasteiger charge is 2.20. The number of hydrogen-bond acceptors (Lipinski definition) is 4. The van der Waals surface area contributed by atoms with Crippen LogP contribution in [0.25, 0.3) is 10.2 Å². The molecule has 1 N–H and O–H groups in total. The molecule has 122 valence electrons. The van der Waals surface area contributed by atoms with E-state index < -0.39 is 0 Å². The maximum Gasteiger partial charge on any atom is 0.223 e. The van der Waals surface area contributed by atoms with E-state index in [0.29, 0.717) is 18.9 Å². The molecule has 0 radical (unpaired) electrons. The van der Waals surface area contributed by atoms with E-state index in [9.17, 15) is 4.79 Å². The highest BCUT2D eigenvalue weighted by molar-refractivity contribution is 7.18. The number of para-hydroxylation sites is 1. The first-order valence-electron chi connectivity index (χ1n) is 7.01. The minimum Gasteiger partial charge on any atom is -0.339 e. The molecule has 0 bridgehead atoms. The van der Waals surface area contributed by atoms with Crippen LogP contribution in [-0.2, 0) is 11.3 Å². The Morgan fingerprint density at radius 2 is 2.18 bits per heavy atom. The number of carbonyl (C=O) groups excluding carboxylic acids is 1. The molecule has 2 heterocycles. The molecule has 0 saturated carbocycles. The van der Waals surface area contributed by atoms with Gasteiger partial charge in [-0.1, -0.05) is 12.1 Å². The van der Waals surface area contributed by atoms with Crippen LogP contribution in [0.5, 0.6) is 0 Å². The molecule has 1 aromatic heterocycles. The van der Waals surface area contributed by atoms with Crippen LogP contribution in [0.4, 0.5) is 0 Å². The summed E-state index contributed by atoms with van der Waals surface area (Å²) < 4.78 is 1.18. The van der Waals surface area contributed by atoms with Crippen LogP contribution >= 0.6 is 36.2 Å². The number of nitrogens with one attached hydrogen (secondary N) is 1. The molecule has 0 spiro atoms. The molecule has 3 rings (SSSR count). The van der Waals surface area contributed by atoms with E-state index in [0.717, 1.165) is 30.0 Å². The van der Waals surface area contributed by atoms with Crippen molar-refractivity contribution in [3.63, 3.8) is 0 Å². The first-order valence-corrected chi connectivity index (χ1v) is 7.83. The predicted molar refractivity (Wildman–Crippen MR) is 96.2 cm³/mol. The quantitative estimate of drug-likeness (QED) is 0.909. The molecule has 1 amide bonds. The Hall–Kier alpha value is -0.880. The molecule has 4 nitrogen and oxygen atoms in total. The first kappa shape index (κ1) is 19.2. The highest BCUT2D eigenvalue weighted by atomic mass is 35.5. The van der Waals surface area contributed by atoms with Gasteiger partial charge in [-0.3, -0.25) is 4.79 Å². The van der Waals surface area contributed by atoms with Gasteiger partial charge in [-0.15, -0.1) is 36.2 Å². The van der Waals surface area contributed by atoms with Gasteiger partial charge in [-0.2, -0.15) is 0 Å². The molecule has 0 aliphatic carbocycles. The summed E-state index contributed by atoms with van der Waals surface area (Å²) in [6, 6.07) is 8.10. The summed E-state index contributed by atoms with van der Waals surface area (Å²) in [6.07, 6.45) is 1.76. The van der Waals surface area contributed by atoms with Crippen LogP contribution in [0.2, 0.25) is 0 Å². The SMILES string of the molecule is CN(Cc1nc2ccccc2s1)C(=O)CC1CCNC1.Cl.Cl. The molecule has 1 fully saturated rings. The number of benzene rings is 1. The fourth-order valence-corrected chi connectivity index (χ4v) is 3.59. The predicted octanol–water partition coefficient (Wildman–Crippen LogP) is 3.10. The van der Waals surface area contributed by atoms with Crippen molar-refractivity contribution in [1.82, 2.24) is 15.2 Å². The van der Waals surface area contributed by atoms with Crippen LogP contribution in [0.15, 0.2) is 24.3 Å². The number of rotatable bonds is 4. The first-order chi connectivity index (χ1) is 9.72. The van der Waals surface area contributed by atoms with Crippen molar-refractivity contribution in [3.05, 3.63) is 29.3 Å². The Morgan fingerprint density at radius 3 is 2.86 bits per heavy atom. The van der Waals surface area contributed by atoms with Gasteiger partial charge in [0.2, 0.25) is 5.91 Å². The maximum absolute atomic E-state index is 12.2. The second-order valence-electron chi connectivity index (χ2n) is 5.39. The number of thiazole rings is 1. The van der Waals surface area contributed by atoms with Gasteiger partial charge in [-0.25, -0.2) is 4.98 Å². The Labute approximate surface area is 147 Å². The fourth-order valence-electron chi connectivity index (χ4n) is 2.57. The van der Waals surface area contributed by atoms with Crippen molar-refractivity contribution in [1.29, 1.82) is 0 Å². The highest BCUT2D eigenvalue weighted by Crippen LogP contribution is 2.23. The van der Waals surface area contributed by atoms with Crippen molar-refractivity contribution in [3.8, 4) is 0 Å². The second kappa shape index (κ2) is 8.67. The second-order valence-corrected chi connectivity index (χ2v) is 6.50. The summed E-state index contributed by atoms with van der Waals surface area (Å²) in [6.45, 7) is 2.62. The molecule has 1 aromatic carbocycles. The Bertz CT molecular complexity index is 581. The zero-order chi connectivity index (χ0) is 13.9. The van der Waals surface area contributed by atoms with Gasteiger partial charge in [0.1, 0.15) is 5.01 Å². The molecule has 1 atom stereocenters. The number of fused-ring (bicyclic) bond motifs is 1. The Balaban J connectivity index is 0.00000121. The monoisotopic (exact) mass is 361 g/mol. The maximum atomic E-state index is 12.2.